The van der Waals surface area contributed by atoms with Crippen LogP contribution in [-0.2, 0) is 9.53 Å². The molecule has 0 aromatic rings. The third-order valence-electron chi connectivity index (χ3n) is 4.85. The molecule has 2 saturated heterocycles. The fraction of sp³-hybridized carbons (Fsp3) is 0.929. The van der Waals surface area contributed by atoms with E-state index in [2.05, 4.69) is 5.32 Å². The number of fused-ring (bicyclic) bond motifs is 1. The molecule has 1 saturated carbocycles. The monoisotopic (exact) mass is 268 g/mol. The zero-order chi connectivity index (χ0) is 13.4. The summed E-state index contributed by atoms with van der Waals surface area (Å²) >= 11 is 0. The van der Waals surface area contributed by atoms with E-state index in [9.17, 15) is 9.90 Å². The Hall–Kier alpha value is -0.650. The van der Waals surface area contributed by atoms with E-state index in [1.807, 2.05) is 11.8 Å². The average Bonchev–Trinajstić information content (AvgIpc) is 2.99. The molecule has 5 heteroatoms. The van der Waals surface area contributed by atoms with Crippen LogP contribution in [0.5, 0.6) is 0 Å². The molecule has 1 aliphatic carbocycles. The molecule has 5 atom stereocenters. The second-order valence-electron chi connectivity index (χ2n) is 6.24. The molecule has 1 amide bonds. The number of ether oxygens (including phenoxy) is 1. The van der Waals surface area contributed by atoms with Crippen molar-refractivity contribution >= 4 is 5.91 Å². The summed E-state index contributed by atoms with van der Waals surface area (Å²) in [5, 5.41) is 12.7. The molecule has 2 N–H and O–H groups in total. The minimum atomic E-state index is -0.228. The molecule has 2 aliphatic heterocycles. The van der Waals surface area contributed by atoms with Gasteiger partial charge in [-0.15, -0.1) is 0 Å². The Morgan fingerprint density at radius 1 is 1.42 bits per heavy atom. The van der Waals surface area contributed by atoms with Gasteiger partial charge in [0, 0.05) is 13.1 Å². The van der Waals surface area contributed by atoms with Gasteiger partial charge >= 0.3 is 0 Å². The summed E-state index contributed by atoms with van der Waals surface area (Å²) in [5.41, 5.74) is 0. The number of carbonyl (C=O) groups is 1. The topological polar surface area (TPSA) is 61.8 Å². The lowest BCUT2D eigenvalue weighted by molar-refractivity contribution is -0.149. The molecular formula is C14H24N2O3. The third kappa shape index (κ3) is 2.51. The van der Waals surface area contributed by atoms with Crippen molar-refractivity contribution < 1.29 is 14.6 Å². The summed E-state index contributed by atoms with van der Waals surface area (Å²) in [5.74, 6) is 1.43. The fourth-order valence-electron chi connectivity index (χ4n) is 3.98. The number of rotatable bonds is 2. The summed E-state index contributed by atoms with van der Waals surface area (Å²) < 4.78 is 5.60. The number of morpholine rings is 1. The van der Waals surface area contributed by atoms with Gasteiger partial charge in [-0.05, 0) is 38.1 Å². The van der Waals surface area contributed by atoms with E-state index in [4.69, 9.17) is 4.74 Å². The van der Waals surface area contributed by atoms with Crippen LogP contribution in [0, 0.1) is 11.8 Å². The maximum atomic E-state index is 12.7. The molecule has 0 radical (unpaired) electrons. The van der Waals surface area contributed by atoms with Crippen LogP contribution in [0.3, 0.4) is 0 Å². The van der Waals surface area contributed by atoms with Gasteiger partial charge < -0.3 is 20.1 Å². The number of hydrogen-bond donors (Lipinski definition) is 2. The van der Waals surface area contributed by atoms with Crippen molar-refractivity contribution in [3.8, 4) is 0 Å². The largest absolute Gasteiger partial charge is 0.394 e. The van der Waals surface area contributed by atoms with Gasteiger partial charge in [-0.25, -0.2) is 0 Å². The zero-order valence-electron chi connectivity index (χ0n) is 11.5. The first-order valence-electron chi connectivity index (χ1n) is 7.47. The molecule has 0 spiro atoms. The molecule has 5 nitrogen and oxygen atoms in total. The Morgan fingerprint density at radius 3 is 3.05 bits per heavy atom. The van der Waals surface area contributed by atoms with Gasteiger partial charge in [0.1, 0.15) is 0 Å². The van der Waals surface area contributed by atoms with Gasteiger partial charge in [-0.1, -0.05) is 6.42 Å². The molecule has 19 heavy (non-hydrogen) atoms. The van der Waals surface area contributed by atoms with E-state index in [1.165, 1.54) is 19.3 Å². The number of aliphatic hydroxyl groups excluding tert-OH is 1. The molecule has 3 fully saturated rings. The molecule has 5 unspecified atom stereocenters. The number of aliphatic hydroxyl groups is 1. The van der Waals surface area contributed by atoms with Crippen LogP contribution in [0.2, 0.25) is 0 Å². The van der Waals surface area contributed by atoms with Gasteiger partial charge in [0.2, 0.25) is 5.91 Å². The van der Waals surface area contributed by atoms with Crippen molar-refractivity contribution in [2.75, 3.05) is 26.2 Å². The smallest absolute Gasteiger partial charge is 0.240 e. The summed E-state index contributed by atoms with van der Waals surface area (Å²) in [6, 6.07) is -0.00265. The van der Waals surface area contributed by atoms with Crippen LogP contribution in [-0.4, -0.2) is 60.4 Å². The highest BCUT2D eigenvalue weighted by molar-refractivity contribution is 5.83. The van der Waals surface area contributed by atoms with Gasteiger partial charge in [-0.2, -0.15) is 0 Å². The van der Waals surface area contributed by atoms with Crippen molar-refractivity contribution in [3.05, 3.63) is 0 Å². The van der Waals surface area contributed by atoms with E-state index in [-0.39, 0.29) is 30.8 Å². The standard InChI is InChI=1S/C14H24N2O3/c1-9-6-16(7-11(8-17)19-9)14(18)13-12-4-2-3-10(12)5-15-13/h9-13,15,17H,2-8H2,1H3. The first kappa shape index (κ1) is 13.3. The second-order valence-corrected chi connectivity index (χ2v) is 6.24. The van der Waals surface area contributed by atoms with Crippen LogP contribution in [0.4, 0.5) is 0 Å². The SMILES string of the molecule is CC1CN(C(=O)C2NCC3CCCC32)CC(CO)O1. The Kier molecular flexibility index (Phi) is 3.78. The van der Waals surface area contributed by atoms with Crippen molar-refractivity contribution in [3.63, 3.8) is 0 Å². The third-order valence-corrected chi connectivity index (χ3v) is 4.85. The van der Waals surface area contributed by atoms with E-state index in [1.54, 1.807) is 0 Å². The Balaban J connectivity index is 1.66. The summed E-state index contributed by atoms with van der Waals surface area (Å²) in [6.07, 6.45) is 3.49. The Labute approximate surface area is 114 Å². The van der Waals surface area contributed by atoms with Crippen LogP contribution < -0.4 is 5.32 Å². The lowest BCUT2D eigenvalue weighted by Gasteiger charge is -2.38. The molecule has 108 valence electrons. The van der Waals surface area contributed by atoms with Crippen LogP contribution in [0.15, 0.2) is 0 Å². The molecule has 3 aliphatic rings. The van der Waals surface area contributed by atoms with Crippen LogP contribution >= 0.6 is 0 Å². The molecule has 2 heterocycles. The normalized spacial score (nSPS) is 42.4. The first-order chi connectivity index (χ1) is 9.19. The average molecular weight is 268 g/mol. The molecule has 3 rings (SSSR count). The van der Waals surface area contributed by atoms with Crippen molar-refractivity contribution in [2.45, 2.75) is 44.4 Å². The van der Waals surface area contributed by atoms with Gasteiger partial charge in [0.05, 0.1) is 24.9 Å². The Morgan fingerprint density at radius 2 is 2.26 bits per heavy atom. The summed E-state index contributed by atoms with van der Waals surface area (Å²) in [6.45, 7) is 4.10. The molecule has 0 bridgehead atoms. The quantitative estimate of drug-likeness (QED) is 0.739. The van der Waals surface area contributed by atoms with Gasteiger partial charge in [-0.3, -0.25) is 4.79 Å². The van der Waals surface area contributed by atoms with E-state index >= 15 is 0 Å². The van der Waals surface area contributed by atoms with Crippen molar-refractivity contribution in [1.29, 1.82) is 0 Å². The predicted molar refractivity (Wildman–Crippen MR) is 70.6 cm³/mol. The molecule has 0 aromatic carbocycles. The maximum Gasteiger partial charge on any atom is 0.240 e. The minimum Gasteiger partial charge on any atom is -0.394 e. The highest BCUT2D eigenvalue weighted by Gasteiger charge is 2.44. The summed E-state index contributed by atoms with van der Waals surface area (Å²) in [4.78, 5) is 14.6. The van der Waals surface area contributed by atoms with Crippen LogP contribution in [0.1, 0.15) is 26.2 Å². The van der Waals surface area contributed by atoms with E-state index < -0.39 is 0 Å². The molecule has 0 aromatic heterocycles. The lowest BCUT2D eigenvalue weighted by Crippen LogP contribution is -2.55. The van der Waals surface area contributed by atoms with Gasteiger partial charge in [0.15, 0.2) is 0 Å². The minimum absolute atomic E-state index is 0.00265. The fourth-order valence-corrected chi connectivity index (χ4v) is 3.98. The maximum absolute atomic E-state index is 12.7. The van der Waals surface area contributed by atoms with Crippen LogP contribution in [0.25, 0.3) is 0 Å². The lowest BCUT2D eigenvalue weighted by atomic mass is 9.93. The second kappa shape index (κ2) is 5.38. The zero-order valence-corrected chi connectivity index (χ0v) is 11.5. The number of nitrogens with zero attached hydrogens (tertiary/aromatic N) is 1. The predicted octanol–water partition coefficient (Wildman–Crippen LogP) is -0.0173. The van der Waals surface area contributed by atoms with E-state index in [0.717, 1.165) is 6.54 Å². The van der Waals surface area contributed by atoms with Gasteiger partial charge in [0.25, 0.3) is 0 Å². The highest BCUT2D eigenvalue weighted by atomic mass is 16.5. The Bertz CT molecular complexity index is 350. The highest BCUT2D eigenvalue weighted by Crippen LogP contribution is 2.38. The number of amides is 1. The number of carbonyl (C=O) groups excluding carboxylic acids is 1. The van der Waals surface area contributed by atoms with E-state index in [0.29, 0.717) is 24.9 Å². The van der Waals surface area contributed by atoms with Crippen molar-refractivity contribution in [2.24, 2.45) is 11.8 Å². The summed E-state index contributed by atoms with van der Waals surface area (Å²) in [7, 11) is 0. The molecular weight excluding hydrogens is 244 g/mol. The number of hydrogen-bond acceptors (Lipinski definition) is 4. The van der Waals surface area contributed by atoms with Crippen molar-refractivity contribution in [1.82, 2.24) is 10.2 Å². The number of nitrogens with one attached hydrogen (secondary N) is 1. The first-order valence-corrected chi connectivity index (χ1v) is 7.47.